The zero-order valence-corrected chi connectivity index (χ0v) is 13.3. The van der Waals surface area contributed by atoms with E-state index in [-0.39, 0.29) is 5.69 Å². The van der Waals surface area contributed by atoms with Gasteiger partial charge in [0.05, 0.1) is 6.54 Å². The third-order valence-corrected chi connectivity index (χ3v) is 3.45. The Balaban J connectivity index is 1.77. The van der Waals surface area contributed by atoms with Crippen LogP contribution < -0.4 is 5.32 Å². The van der Waals surface area contributed by atoms with Gasteiger partial charge in [0.15, 0.2) is 11.5 Å². The number of pyridine rings is 1. The van der Waals surface area contributed by atoms with Crippen molar-refractivity contribution in [3.63, 3.8) is 0 Å². The van der Waals surface area contributed by atoms with Crippen molar-refractivity contribution in [2.45, 2.75) is 20.4 Å². The Kier molecular flexibility index (Phi) is 4.33. The minimum Gasteiger partial charge on any atom is -0.321 e. The first-order chi connectivity index (χ1) is 11.5. The number of halogens is 1. The lowest BCUT2D eigenvalue weighted by Gasteiger charge is -2.08. The highest BCUT2D eigenvalue weighted by Crippen LogP contribution is 2.14. The Hall–Kier alpha value is -3.09. The molecule has 7 heteroatoms. The molecule has 0 aliphatic heterocycles. The summed E-state index contributed by atoms with van der Waals surface area (Å²) in [6, 6.07) is 9.94. The van der Waals surface area contributed by atoms with Crippen LogP contribution in [-0.4, -0.2) is 25.7 Å². The van der Waals surface area contributed by atoms with E-state index < -0.39 is 11.7 Å². The number of carbonyl (C=O) groups is 1. The molecule has 0 saturated heterocycles. The van der Waals surface area contributed by atoms with Crippen molar-refractivity contribution >= 4 is 11.6 Å². The summed E-state index contributed by atoms with van der Waals surface area (Å²) in [5.41, 5.74) is 1.28. The Bertz CT molecular complexity index is 890. The quantitative estimate of drug-likeness (QED) is 0.800. The molecule has 1 amide bonds. The van der Waals surface area contributed by atoms with Gasteiger partial charge in [-0.25, -0.2) is 19.0 Å². The highest BCUT2D eigenvalue weighted by Gasteiger charge is 2.13. The van der Waals surface area contributed by atoms with Gasteiger partial charge >= 0.3 is 0 Å². The molecule has 2 heterocycles. The molecule has 3 rings (SSSR count). The standard InChI is InChI=1S/C17H16FN5O/c1-11-20-12(2)23(22-11)10-13-5-3-6-14(9-13)21-17(24)16-15(18)7-4-8-19-16/h3-9H,10H2,1-2H3,(H,21,24). The predicted molar refractivity (Wildman–Crippen MR) is 87.2 cm³/mol. The highest BCUT2D eigenvalue weighted by atomic mass is 19.1. The molecule has 0 atom stereocenters. The van der Waals surface area contributed by atoms with Crippen molar-refractivity contribution in [2.24, 2.45) is 0 Å². The monoisotopic (exact) mass is 325 g/mol. The summed E-state index contributed by atoms with van der Waals surface area (Å²) < 4.78 is 15.4. The smallest absolute Gasteiger partial charge is 0.277 e. The second-order valence-electron chi connectivity index (χ2n) is 5.35. The van der Waals surface area contributed by atoms with Gasteiger partial charge in [-0.1, -0.05) is 12.1 Å². The van der Waals surface area contributed by atoms with Crippen LogP contribution in [0.15, 0.2) is 42.6 Å². The summed E-state index contributed by atoms with van der Waals surface area (Å²) in [5, 5.41) is 6.97. The number of nitrogens with one attached hydrogen (secondary N) is 1. The van der Waals surface area contributed by atoms with Crippen LogP contribution in [0.4, 0.5) is 10.1 Å². The number of nitrogens with zero attached hydrogens (tertiary/aromatic N) is 4. The largest absolute Gasteiger partial charge is 0.321 e. The van der Waals surface area contributed by atoms with Gasteiger partial charge < -0.3 is 5.32 Å². The molecule has 24 heavy (non-hydrogen) atoms. The molecule has 0 fully saturated rings. The van der Waals surface area contributed by atoms with E-state index in [1.54, 1.807) is 10.7 Å². The minimum absolute atomic E-state index is 0.231. The minimum atomic E-state index is -0.653. The van der Waals surface area contributed by atoms with Gasteiger partial charge in [-0.2, -0.15) is 5.10 Å². The third kappa shape index (κ3) is 3.45. The van der Waals surface area contributed by atoms with E-state index in [0.29, 0.717) is 18.1 Å². The van der Waals surface area contributed by atoms with Gasteiger partial charge in [-0.15, -0.1) is 0 Å². The third-order valence-electron chi connectivity index (χ3n) is 3.45. The van der Waals surface area contributed by atoms with E-state index in [9.17, 15) is 9.18 Å². The summed E-state index contributed by atoms with van der Waals surface area (Å²) in [5.74, 6) is 0.290. The number of rotatable bonds is 4. The molecule has 0 radical (unpaired) electrons. The molecule has 1 aromatic carbocycles. The number of anilines is 1. The molecule has 0 saturated carbocycles. The molecule has 0 aliphatic carbocycles. The fourth-order valence-electron chi connectivity index (χ4n) is 2.37. The number of amides is 1. The van der Waals surface area contributed by atoms with Gasteiger partial charge in [0, 0.05) is 11.9 Å². The Labute approximate surface area is 138 Å². The average molecular weight is 325 g/mol. The Morgan fingerprint density at radius 1 is 1.25 bits per heavy atom. The summed E-state index contributed by atoms with van der Waals surface area (Å²) in [6.07, 6.45) is 1.38. The number of carbonyl (C=O) groups excluding carboxylic acids is 1. The van der Waals surface area contributed by atoms with E-state index in [0.717, 1.165) is 11.4 Å². The number of benzene rings is 1. The van der Waals surface area contributed by atoms with Crippen molar-refractivity contribution < 1.29 is 9.18 Å². The number of hydrogen-bond donors (Lipinski definition) is 1. The molecule has 2 aromatic heterocycles. The van der Waals surface area contributed by atoms with Gasteiger partial charge in [-0.05, 0) is 43.7 Å². The Morgan fingerprint density at radius 3 is 2.79 bits per heavy atom. The van der Waals surface area contributed by atoms with Crippen molar-refractivity contribution in [3.8, 4) is 0 Å². The Morgan fingerprint density at radius 2 is 2.08 bits per heavy atom. The van der Waals surface area contributed by atoms with Crippen molar-refractivity contribution in [2.75, 3.05) is 5.32 Å². The van der Waals surface area contributed by atoms with Gasteiger partial charge in [-0.3, -0.25) is 4.79 Å². The molecule has 0 unspecified atom stereocenters. The first kappa shape index (κ1) is 15.8. The molecular weight excluding hydrogens is 309 g/mol. The van der Waals surface area contributed by atoms with Crippen LogP contribution >= 0.6 is 0 Å². The zero-order chi connectivity index (χ0) is 17.1. The zero-order valence-electron chi connectivity index (χ0n) is 13.3. The molecule has 0 bridgehead atoms. The fourth-order valence-corrected chi connectivity index (χ4v) is 2.37. The highest BCUT2D eigenvalue weighted by molar-refractivity contribution is 6.03. The van der Waals surface area contributed by atoms with Crippen LogP contribution in [-0.2, 0) is 6.54 Å². The molecular formula is C17H16FN5O. The van der Waals surface area contributed by atoms with Crippen LogP contribution in [0.2, 0.25) is 0 Å². The van der Waals surface area contributed by atoms with E-state index in [4.69, 9.17) is 0 Å². The SMILES string of the molecule is Cc1nc(C)n(Cc2cccc(NC(=O)c3ncccc3F)c2)n1. The topological polar surface area (TPSA) is 72.7 Å². The van der Waals surface area contributed by atoms with E-state index in [2.05, 4.69) is 20.4 Å². The van der Waals surface area contributed by atoms with E-state index >= 15 is 0 Å². The summed E-state index contributed by atoms with van der Waals surface area (Å²) in [7, 11) is 0. The average Bonchev–Trinajstić information content (AvgIpc) is 2.85. The lowest BCUT2D eigenvalue weighted by atomic mass is 10.2. The summed E-state index contributed by atoms with van der Waals surface area (Å²) in [4.78, 5) is 20.1. The summed E-state index contributed by atoms with van der Waals surface area (Å²) >= 11 is 0. The predicted octanol–water partition coefficient (Wildman–Crippen LogP) is 2.73. The summed E-state index contributed by atoms with van der Waals surface area (Å²) in [6.45, 7) is 4.26. The van der Waals surface area contributed by atoms with Gasteiger partial charge in [0.2, 0.25) is 0 Å². The van der Waals surface area contributed by atoms with E-state index in [1.807, 2.05) is 32.0 Å². The normalized spacial score (nSPS) is 10.6. The molecule has 122 valence electrons. The van der Waals surface area contributed by atoms with Gasteiger partial charge in [0.1, 0.15) is 11.6 Å². The second-order valence-corrected chi connectivity index (χ2v) is 5.35. The maximum atomic E-state index is 13.6. The van der Waals surface area contributed by atoms with Crippen LogP contribution in [0.5, 0.6) is 0 Å². The molecule has 1 N–H and O–H groups in total. The van der Waals surface area contributed by atoms with E-state index in [1.165, 1.54) is 18.3 Å². The first-order valence-electron chi connectivity index (χ1n) is 7.42. The van der Waals surface area contributed by atoms with Crippen molar-refractivity contribution in [3.05, 3.63) is 71.3 Å². The van der Waals surface area contributed by atoms with Crippen LogP contribution in [0, 0.1) is 19.7 Å². The maximum Gasteiger partial charge on any atom is 0.277 e. The lowest BCUT2D eigenvalue weighted by molar-refractivity contribution is 0.101. The first-order valence-corrected chi connectivity index (χ1v) is 7.42. The maximum absolute atomic E-state index is 13.6. The fraction of sp³-hybridized carbons (Fsp3) is 0.176. The van der Waals surface area contributed by atoms with Crippen LogP contribution in [0.25, 0.3) is 0 Å². The number of aryl methyl sites for hydroxylation is 2. The molecule has 3 aromatic rings. The van der Waals surface area contributed by atoms with Crippen LogP contribution in [0.1, 0.15) is 27.7 Å². The molecule has 0 aliphatic rings. The number of aromatic nitrogens is 4. The molecule has 0 spiro atoms. The second kappa shape index (κ2) is 6.57. The molecule has 6 nitrogen and oxygen atoms in total. The lowest BCUT2D eigenvalue weighted by Crippen LogP contribution is -2.15. The van der Waals surface area contributed by atoms with Crippen molar-refractivity contribution in [1.82, 2.24) is 19.7 Å². The van der Waals surface area contributed by atoms with Crippen LogP contribution in [0.3, 0.4) is 0 Å². The number of hydrogen-bond acceptors (Lipinski definition) is 4. The van der Waals surface area contributed by atoms with Gasteiger partial charge in [0.25, 0.3) is 5.91 Å². The van der Waals surface area contributed by atoms with Crippen molar-refractivity contribution in [1.29, 1.82) is 0 Å².